The third kappa shape index (κ3) is 4.92. The summed E-state index contributed by atoms with van der Waals surface area (Å²) in [6, 6.07) is 20.0. The molecule has 1 aliphatic rings. The second-order valence-electron chi connectivity index (χ2n) is 7.75. The summed E-state index contributed by atoms with van der Waals surface area (Å²) in [6.07, 6.45) is -0.606. The number of hydrogen-bond acceptors (Lipinski definition) is 5. The molecule has 7 heteroatoms. The summed E-state index contributed by atoms with van der Waals surface area (Å²) in [6.45, 7) is 4.38. The lowest BCUT2D eigenvalue weighted by atomic mass is 10.1. The summed E-state index contributed by atoms with van der Waals surface area (Å²) in [5.74, 6) is 1.34. The highest BCUT2D eigenvalue weighted by Gasteiger charge is 2.31. The molecule has 1 heterocycles. The number of benzene rings is 3. The summed E-state index contributed by atoms with van der Waals surface area (Å²) >= 11 is 0. The minimum absolute atomic E-state index is 0.163. The van der Waals surface area contributed by atoms with Gasteiger partial charge in [0.1, 0.15) is 23.9 Å². The first-order valence-corrected chi connectivity index (χ1v) is 10.7. The lowest BCUT2D eigenvalue weighted by molar-refractivity contribution is -0.125. The molecule has 0 saturated carbocycles. The number of methoxy groups -OCH3 is 1. The van der Waals surface area contributed by atoms with Gasteiger partial charge in [0.25, 0.3) is 11.8 Å². The van der Waals surface area contributed by atoms with Crippen molar-refractivity contribution in [3.8, 4) is 17.2 Å². The van der Waals surface area contributed by atoms with Crippen molar-refractivity contribution < 1.29 is 23.8 Å². The number of aryl methyl sites for hydroxylation is 1. The van der Waals surface area contributed by atoms with E-state index in [-0.39, 0.29) is 11.8 Å². The number of nitrogens with one attached hydrogen (secondary N) is 1. The molecule has 1 unspecified atom stereocenters. The Balaban J connectivity index is 1.52. The van der Waals surface area contributed by atoms with Gasteiger partial charge in [-0.2, -0.15) is 0 Å². The molecule has 4 rings (SSSR count). The fraction of sp³-hybridized carbons (Fsp3) is 0.231. The molecule has 0 spiro atoms. The van der Waals surface area contributed by atoms with Crippen LogP contribution in [-0.2, 0) is 4.79 Å². The number of rotatable bonds is 7. The maximum Gasteiger partial charge on any atom is 0.267 e. The molecule has 0 aliphatic carbocycles. The van der Waals surface area contributed by atoms with Crippen LogP contribution < -0.4 is 24.4 Å². The fourth-order valence-electron chi connectivity index (χ4n) is 3.71. The number of amides is 2. The van der Waals surface area contributed by atoms with Crippen molar-refractivity contribution in [2.45, 2.75) is 20.0 Å². The zero-order valence-electron chi connectivity index (χ0n) is 18.8. The normalized spacial score (nSPS) is 14.8. The van der Waals surface area contributed by atoms with Gasteiger partial charge >= 0.3 is 0 Å². The Morgan fingerprint density at radius 2 is 1.91 bits per heavy atom. The first-order chi connectivity index (χ1) is 16.0. The fourth-order valence-corrected chi connectivity index (χ4v) is 3.71. The molecule has 170 valence electrons. The van der Waals surface area contributed by atoms with Gasteiger partial charge in [0.05, 0.1) is 24.9 Å². The Kier molecular flexibility index (Phi) is 6.49. The predicted molar refractivity (Wildman–Crippen MR) is 127 cm³/mol. The molecule has 1 N–H and O–H groups in total. The van der Waals surface area contributed by atoms with Crippen molar-refractivity contribution in [2.75, 3.05) is 30.5 Å². The highest BCUT2D eigenvalue weighted by molar-refractivity contribution is 6.07. The van der Waals surface area contributed by atoms with Gasteiger partial charge < -0.3 is 24.4 Å². The van der Waals surface area contributed by atoms with E-state index in [0.717, 1.165) is 11.3 Å². The Labute approximate surface area is 192 Å². The van der Waals surface area contributed by atoms with E-state index in [0.29, 0.717) is 41.6 Å². The van der Waals surface area contributed by atoms with Crippen molar-refractivity contribution in [1.82, 2.24) is 0 Å². The number of para-hydroxylation sites is 1. The molecule has 0 aromatic heterocycles. The summed E-state index contributed by atoms with van der Waals surface area (Å²) in [7, 11) is 1.52. The first-order valence-electron chi connectivity index (χ1n) is 10.7. The van der Waals surface area contributed by atoms with Crippen LogP contribution >= 0.6 is 0 Å². The quantitative estimate of drug-likeness (QED) is 0.580. The number of nitrogens with zero attached hydrogens (tertiary/aromatic N) is 1. The van der Waals surface area contributed by atoms with Crippen LogP contribution in [-0.4, -0.2) is 38.2 Å². The molecule has 0 radical (unpaired) electrons. The largest absolute Gasteiger partial charge is 0.496 e. The summed E-state index contributed by atoms with van der Waals surface area (Å²) in [4.78, 5) is 27.3. The van der Waals surface area contributed by atoms with E-state index in [1.165, 1.54) is 7.11 Å². The minimum Gasteiger partial charge on any atom is -0.496 e. The maximum atomic E-state index is 12.9. The van der Waals surface area contributed by atoms with E-state index in [4.69, 9.17) is 14.2 Å². The number of fused-ring (bicyclic) bond motifs is 1. The van der Waals surface area contributed by atoms with Crippen molar-refractivity contribution in [3.05, 3.63) is 77.9 Å². The molecule has 1 aliphatic heterocycles. The zero-order chi connectivity index (χ0) is 23.4. The Bertz CT molecular complexity index is 1180. The van der Waals surface area contributed by atoms with Crippen LogP contribution in [0.25, 0.3) is 0 Å². The molecular formula is C26H26N2O5. The molecule has 0 fully saturated rings. The van der Waals surface area contributed by atoms with Gasteiger partial charge in [0.15, 0.2) is 6.10 Å². The SMILES string of the molecule is COc1ccccc1C(=O)Nc1ccc2c(c1)N(CCOc1cccc(C)c1)C(=O)C(C)O2. The average Bonchev–Trinajstić information content (AvgIpc) is 2.82. The number of anilines is 2. The molecule has 0 saturated heterocycles. The van der Waals surface area contributed by atoms with E-state index in [1.54, 1.807) is 54.3 Å². The number of carbonyl (C=O) groups is 2. The van der Waals surface area contributed by atoms with Gasteiger partial charge in [0.2, 0.25) is 0 Å². The zero-order valence-corrected chi connectivity index (χ0v) is 18.8. The van der Waals surface area contributed by atoms with Gasteiger partial charge in [-0.05, 0) is 61.9 Å². The van der Waals surface area contributed by atoms with Crippen molar-refractivity contribution in [3.63, 3.8) is 0 Å². The summed E-state index contributed by atoms with van der Waals surface area (Å²) < 4.78 is 16.9. The minimum atomic E-state index is -0.606. The van der Waals surface area contributed by atoms with E-state index in [1.807, 2.05) is 31.2 Å². The van der Waals surface area contributed by atoms with Crippen LogP contribution in [0.3, 0.4) is 0 Å². The molecule has 7 nitrogen and oxygen atoms in total. The van der Waals surface area contributed by atoms with Gasteiger partial charge in [0, 0.05) is 5.69 Å². The summed E-state index contributed by atoms with van der Waals surface area (Å²) in [5.41, 5.74) is 2.65. The molecule has 3 aromatic rings. The second kappa shape index (κ2) is 9.65. The number of ether oxygens (including phenoxy) is 3. The standard InChI is InChI=1S/C26H26N2O5/c1-17-7-6-8-20(15-17)32-14-13-28-22-16-19(11-12-24(22)33-18(2)26(28)30)27-25(29)21-9-4-5-10-23(21)31-3/h4-12,15-16,18H,13-14H2,1-3H3,(H,27,29). The smallest absolute Gasteiger partial charge is 0.267 e. The van der Waals surface area contributed by atoms with Crippen molar-refractivity contribution in [1.29, 1.82) is 0 Å². The molecule has 33 heavy (non-hydrogen) atoms. The lowest BCUT2D eigenvalue weighted by Crippen LogP contribution is -2.46. The van der Waals surface area contributed by atoms with Gasteiger partial charge in [-0.3, -0.25) is 9.59 Å². The van der Waals surface area contributed by atoms with Crippen LogP contribution in [0, 0.1) is 6.92 Å². The van der Waals surface area contributed by atoms with Gasteiger partial charge in [-0.1, -0.05) is 24.3 Å². The Morgan fingerprint density at radius 1 is 1.09 bits per heavy atom. The maximum absolute atomic E-state index is 12.9. The lowest BCUT2D eigenvalue weighted by Gasteiger charge is -2.33. The monoisotopic (exact) mass is 446 g/mol. The highest BCUT2D eigenvalue weighted by atomic mass is 16.5. The second-order valence-corrected chi connectivity index (χ2v) is 7.75. The van der Waals surface area contributed by atoms with E-state index in [2.05, 4.69) is 5.32 Å². The van der Waals surface area contributed by atoms with Crippen molar-refractivity contribution >= 4 is 23.2 Å². The van der Waals surface area contributed by atoms with Crippen LogP contribution in [0.5, 0.6) is 17.2 Å². The topological polar surface area (TPSA) is 77.1 Å². The molecule has 3 aromatic carbocycles. The number of carbonyl (C=O) groups excluding carboxylic acids is 2. The molecular weight excluding hydrogens is 420 g/mol. The Hall–Kier alpha value is -4.00. The molecule has 2 amide bonds. The molecule has 0 bridgehead atoms. The van der Waals surface area contributed by atoms with E-state index >= 15 is 0 Å². The average molecular weight is 447 g/mol. The van der Waals surface area contributed by atoms with Gasteiger partial charge in [-0.25, -0.2) is 0 Å². The third-order valence-corrected chi connectivity index (χ3v) is 5.35. The van der Waals surface area contributed by atoms with Crippen molar-refractivity contribution in [2.24, 2.45) is 0 Å². The van der Waals surface area contributed by atoms with Gasteiger partial charge in [-0.15, -0.1) is 0 Å². The Morgan fingerprint density at radius 3 is 2.70 bits per heavy atom. The van der Waals surface area contributed by atoms with E-state index in [9.17, 15) is 9.59 Å². The molecule has 1 atom stereocenters. The van der Waals surface area contributed by atoms with Crippen LogP contribution in [0.15, 0.2) is 66.7 Å². The highest BCUT2D eigenvalue weighted by Crippen LogP contribution is 2.36. The van der Waals surface area contributed by atoms with Crippen LogP contribution in [0.2, 0.25) is 0 Å². The summed E-state index contributed by atoms with van der Waals surface area (Å²) in [5, 5.41) is 2.87. The predicted octanol–water partition coefficient (Wildman–Crippen LogP) is 4.45. The number of hydrogen-bond donors (Lipinski definition) is 1. The van der Waals surface area contributed by atoms with E-state index < -0.39 is 6.10 Å². The van der Waals surface area contributed by atoms with Crippen LogP contribution in [0.4, 0.5) is 11.4 Å². The van der Waals surface area contributed by atoms with Crippen LogP contribution in [0.1, 0.15) is 22.8 Å². The third-order valence-electron chi connectivity index (χ3n) is 5.35. The first kappa shape index (κ1) is 22.2.